The van der Waals surface area contributed by atoms with Crippen molar-refractivity contribution >= 4 is 12.1 Å². The Kier molecular flexibility index (Phi) is 3.69. The fourth-order valence-corrected chi connectivity index (χ4v) is 2.16. The number of nitrogens with zero attached hydrogens (tertiary/aromatic N) is 1. The maximum absolute atomic E-state index is 12.0. The standard InChI is InChI=1S/C12H21NO4/c1-11(2,3)17-10(16)13-7-5-6-12(13,4)8-9(14)15/h5-8H2,1-4H3,(H,14,15)/t12-/m0/s1. The van der Waals surface area contributed by atoms with Crippen molar-refractivity contribution in [1.29, 1.82) is 0 Å². The topological polar surface area (TPSA) is 66.8 Å². The lowest BCUT2D eigenvalue weighted by Crippen LogP contribution is -2.48. The van der Waals surface area contributed by atoms with Crippen molar-refractivity contribution in [2.75, 3.05) is 6.54 Å². The van der Waals surface area contributed by atoms with Crippen LogP contribution in [0, 0.1) is 0 Å². The van der Waals surface area contributed by atoms with E-state index < -0.39 is 23.2 Å². The maximum Gasteiger partial charge on any atom is 0.410 e. The average molecular weight is 243 g/mol. The summed E-state index contributed by atoms with van der Waals surface area (Å²) in [6, 6.07) is 0. The van der Waals surface area contributed by atoms with Gasteiger partial charge in [-0.1, -0.05) is 0 Å². The molecule has 5 heteroatoms. The Morgan fingerprint density at radius 1 is 1.41 bits per heavy atom. The van der Waals surface area contributed by atoms with Gasteiger partial charge < -0.3 is 14.7 Å². The summed E-state index contributed by atoms with van der Waals surface area (Å²) in [6.45, 7) is 7.78. The van der Waals surface area contributed by atoms with Crippen LogP contribution in [0.25, 0.3) is 0 Å². The molecule has 1 atom stereocenters. The lowest BCUT2D eigenvalue weighted by molar-refractivity contribution is -0.139. The van der Waals surface area contributed by atoms with E-state index in [4.69, 9.17) is 9.84 Å². The molecule has 0 spiro atoms. The number of ether oxygens (including phenoxy) is 1. The predicted octanol–water partition coefficient (Wildman–Crippen LogP) is 2.25. The Hall–Kier alpha value is -1.26. The molecule has 1 rings (SSSR count). The van der Waals surface area contributed by atoms with Gasteiger partial charge in [0.2, 0.25) is 0 Å². The highest BCUT2D eigenvalue weighted by molar-refractivity contribution is 5.73. The first-order valence-corrected chi connectivity index (χ1v) is 5.86. The molecule has 0 saturated carbocycles. The summed E-state index contributed by atoms with van der Waals surface area (Å²) >= 11 is 0. The second-order valence-corrected chi connectivity index (χ2v) is 5.80. The summed E-state index contributed by atoms with van der Waals surface area (Å²) in [4.78, 5) is 24.4. The van der Waals surface area contributed by atoms with Gasteiger partial charge >= 0.3 is 12.1 Å². The molecule has 0 unspecified atom stereocenters. The third-order valence-electron chi connectivity index (χ3n) is 2.89. The number of rotatable bonds is 2. The van der Waals surface area contributed by atoms with Crippen molar-refractivity contribution in [2.45, 2.75) is 58.1 Å². The van der Waals surface area contributed by atoms with Crippen LogP contribution >= 0.6 is 0 Å². The quantitative estimate of drug-likeness (QED) is 0.807. The number of likely N-dealkylation sites (tertiary alicyclic amines) is 1. The van der Waals surface area contributed by atoms with E-state index in [2.05, 4.69) is 0 Å². The van der Waals surface area contributed by atoms with Crippen LogP contribution in [0.2, 0.25) is 0 Å². The minimum Gasteiger partial charge on any atom is -0.481 e. The van der Waals surface area contributed by atoms with Crippen LogP contribution in [0.1, 0.15) is 47.0 Å². The Labute approximate surface area is 102 Å². The number of carbonyl (C=O) groups excluding carboxylic acids is 1. The molecule has 1 heterocycles. The summed E-state index contributed by atoms with van der Waals surface area (Å²) in [5.41, 5.74) is -1.17. The second-order valence-electron chi connectivity index (χ2n) is 5.80. The molecule has 0 aliphatic carbocycles. The third kappa shape index (κ3) is 3.61. The van der Waals surface area contributed by atoms with Crippen molar-refractivity contribution in [3.05, 3.63) is 0 Å². The zero-order valence-electron chi connectivity index (χ0n) is 10.9. The average Bonchev–Trinajstić information content (AvgIpc) is 2.41. The van der Waals surface area contributed by atoms with E-state index in [1.54, 1.807) is 32.6 Å². The Balaban J connectivity index is 2.75. The van der Waals surface area contributed by atoms with E-state index in [1.165, 1.54) is 0 Å². The number of hydrogen-bond acceptors (Lipinski definition) is 3. The van der Waals surface area contributed by atoms with E-state index in [0.29, 0.717) is 13.0 Å². The first-order valence-electron chi connectivity index (χ1n) is 5.86. The second kappa shape index (κ2) is 4.55. The molecule has 5 nitrogen and oxygen atoms in total. The first kappa shape index (κ1) is 13.8. The number of aliphatic carboxylic acids is 1. The fourth-order valence-electron chi connectivity index (χ4n) is 2.16. The Morgan fingerprint density at radius 2 is 2.00 bits per heavy atom. The number of hydrogen-bond donors (Lipinski definition) is 1. The molecule has 1 fully saturated rings. The van der Waals surface area contributed by atoms with Crippen LogP contribution in [0.3, 0.4) is 0 Å². The van der Waals surface area contributed by atoms with Gasteiger partial charge in [0, 0.05) is 6.54 Å². The van der Waals surface area contributed by atoms with Crippen LogP contribution in [0.15, 0.2) is 0 Å². The van der Waals surface area contributed by atoms with Gasteiger partial charge in [0.05, 0.1) is 12.0 Å². The maximum atomic E-state index is 12.0. The summed E-state index contributed by atoms with van der Waals surface area (Å²) in [5.74, 6) is -0.886. The van der Waals surface area contributed by atoms with Crippen LogP contribution in [0.4, 0.5) is 4.79 Å². The largest absolute Gasteiger partial charge is 0.481 e. The molecule has 1 aliphatic rings. The molecule has 0 aromatic heterocycles. The zero-order valence-corrected chi connectivity index (χ0v) is 10.9. The van der Waals surface area contributed by atoms with Crippen molar-refractivity contribution < 1.29 is 19.4 Å². The number of carboxylic acid groups (broad SMARTS) is 1. The molecule has 0 bridgehead atoms. The van der Waals surface area contributed by atoms with E-state index in [9.17, 15) is 9.59 Å². The molecular formula is C12H21NO4. The van der Waals surface area contributed by atoms with E-state index in [1.807, 2.05) is 0 Å². The third-order valence-corrected chi connectivity index (χ3v) is 2.89. The van der Waals surface area contributed by atoms with E-state index in [-0.39, 0.29) is 6.42 Å². The van der Waals surface area contributed by atoms with Gasteiger partial charge in [-0.2, -0.15) is 0 Å². The van der Waals surface area contributed by atoms with Gasteiger partial charge in [0.25, 0.3) is 0 Å². The van der Waals surface area contributed by atoms with Crippen LogP contribution in [-0.4, -0.2) is 39.8 Å². The van der Waals surface area contributed by atoms with E-state index >= 15 is 0 Å². The summed E-state index contributed by atoms with van der Waals surface area (Å²) in [6.07, 6.45) is 1.08. The predicted molar refractivity (Wildman–Crippen MR) is 62.8 cm³/mol. The van der Waals surface area contributed by atoms with Gasteiger partial charge in [-0.25, -0.2) is 4.79 Å². The van der Waals surface area contributed by atoms with Gasteiger partial charge in [-0.3, -0.25) is 4.79 Å². The molecule has 17 heavy (non-hydrogen) atoms. The van der Waals surface area contributed by atoms with Gasteiger partial charge in [-0.15, -0.1) is 0 Å². The monoisotopic (exact) mass is 243 g/mol. The van der Waals surface area contributed by atoms with Gasteiger partial charge in [0.1, 0.15) is 5.60 Å². The number of carboxylic acids is 1. The highest BCUT2D eigenvalue weighted by Crippen LogP contribution is 2.33. The molecule has 98 valence electrons. The molecule has 0 aromatic carbocycles. The zero-order chi connectivity index (χ0) is 13.3. The van der Waals surface area contributed by atoms with Crippen LogP contribution in [-0.2, 0) is 9.53 Å². The van der Waals surface area contributed by atoms with Crippen molar-refractivity contribution in [3.63, 3.8) is 0 Å². The SMILES string of the molecule is CC(C)(C)OC(=O)N1CCC[C@@]1(C)CC(=O)O. The molecule has 1 amide bonds. The van der Waals surface area contributed by atoms with E-state index in [0.717, 1.165) is 6.42 Å². The lowest BCUT2D eigenvalue weighted by atomic mass is 9.95. The summed E-state index contributed by atoms with van der Waals surface area (Å²) in [7, 11) is 0. The molecule has 1 aliphatic heterocycles. The molecular weight excluding hydrogens is 222 g/mol. The Bertz CT molecular complexity index is 321. The van der Waals surface area contributed by atoms with Crippen molar-refractivity contribution in [2.24, 2.45) is 0 Å². The molecule has 0 aromatic rings. The van der Waals surface area contributed by atoms with Crippen LogP contribution in [0.5, 0.6) is 0 Å². The fraction of sp³-hybridized carbons (Fsp3) is 0.833. The number of amides is 1. The minimum absolute atomic E-state index is 0.0355. The van der Waals surface area contributed by atoms with Crippen molar-refractivity contribution in [1.82, 2.24) is 4.90 Å². The molecule has 1 N–H and O–H groups in total. The van der Waals surface area contributed by atoms with Crippen molar-refractivity contribution in [3.8, 4) is 0 Å². The van der Waals surface area contributed by atoms with Gasteiger partial charge in [0.15, 0.2) is 0 Å². The summed E-state index contributed by atoms with van der Waals surface area (Å²) < 4.78 is 5.29. The molecule has 0 radical (unpaired) electrons. The Morgan fingerprint density at radius 3 is 2.47 bits per heavy atom. The smallest absolute Gasteiger partial charge is 0.410 e. The van der Waals surface area contributed by atoms with Crippen LogP contribution < -0.4 is 0 Å². The minimum atomic E-state index is -0.886. The van der Waals surface area contributed by atoms with Gasteiger partial charge in [-0.05, 0) is 40.5 Å². The first-order chi connectivity index (χ1) is 7.64. The highest BCUT2D eigenvalue weighted by atomic mass is 16.6. The number of carbonyl (C=O) groups is 2. The highest BCUT2D eigenvalue weighted by Gasteiger charge is 2.42. The molecule has 1 saturated heterocycles. The normalized spacial score (nSPS) is 24.8. The lowest BCUT2D eigenvalue weighted by Gasteiger charge is -2.35. The summed E-state index contributed by atoms with van der Waals surface area (Å²) in [5, 5.41) is 8.89.